The number of thiol groups is 1. The van der Waals surface area contributed by atoms with Gasteiger partial charge in [-0.2, -0.15) is 0 Å². The number of aliphatic hydroxyl groups is 2. The standard InChI is InChI=1S/C33H40N4O8S/c1-15-18(4-6-29(40)41)24(34-22(15)10-26-21(13-39)20(8-9-38)33(45)36-26)12-25-19(5-7-30(42)43)16(2)23(35-25)11-27-31(28-14-46-28)17(3)32(44)37-27/h8,11,13,17,26,28,31,34-35,38-39H,4-7,9-10,12,14H2,1-3H3,(H,36,45)(H,37,44)(H,40,41)(H,42,43)/p+1/b20-8-,21-13-,27-11-/t17-,26-,28-,31-/m1/s1. The number of hydrogen-bond acceptors (Lipinski definition) is 6. The van der Waals surface area contributed by atoms with E-state index >= 15 is 0 Å². The molecule has 8 N–H and O–H groups in total. The lowest BCUT2D eigenvalue weighted by Gasteiger charge is -2.11. The Balaban J connectivity index is 1.51. The van der Waals surface area contributed by atoms with E-state index in [1.54, 1.807) is 0 Å². The maximum Gasteiger partial charge on any atom is 0.303 e. The number of carboxylic acid groups (broad SMARTS) is 2. The summed E-state index contributed by atoms with van der Waals surface area (Å²) < 4.78 is 0. The van der Waals surface area contributed by atoms with Crippen molar-refractivity contribution in [1.29, 1.82) is 0 Å². The quantitative estimate of drug-likeness (QED) is 0.0526. The topological polar surface area (TPSA) is 205 Å². The van der Waals surface area contributed by atoms with Gasteiger partial charge in [0.1, 0.15) is 0 Å². The van der Waals surface area contributed by atoms with Gasteiger partial charge in [-0.3, -0.25) is 19.2 Å². The Bertz CT molecular complexity index is 1660. The van der Waals surface area contributed by atoms with Gasteiger partial charge in [-0.05, 0) is 72.9 Å². The molecule has 2 aromatic heterocycles. The molecule has 12 nitrogen and oxygen atoms in total. The van der Waals surface area contributed by atoms with Gasteiger partial charge in [0.2, 0.25) is 5.91 Å². The first-order chi connectivity index (χ1) is 21.9. The summed E-state index contributed by atoms with van der Waals surface area (Å²) in [5.41, 5.74) is 7.98. The third-order valence-corrected chi connectivity index (χ3v) is 10.5. The number of rotatable bonds is 13. The molecule has 13 heteroatoms. The minimum atomic E-state index is -0.940. The first-order valence-corrected chi connectivity index (χ1v) is 16.6. The van der Waals surface area contributed by atoms with Gasteiger partial charge in [0.05, 0.1) is 24.8 Å². The average Bonchev–Trinajstić information content (AvgIpc) is 3.56. The van der Waals surface area contributed by atoms with Crippen LogP contribution in [0.2, 0.25) is 0 Å². The molecule has 2 amide bonds. The molecule has 0 bridgehead atoms. The second-order valence-electron chi connectivity index (χ2n) is 12.2. The highest BCUT2D eigenvalue weighted by molar-refractivity contribution is 7.86. The molecule has 4 atom stereocenters. The van der Waals surface area contributed by atoms with Crippen molar-refractivity contribution in [1.82, 2.24) is 20.6 Å². The van der Waals surface area contributed by atoms with Gasteiger partial charge < -0.3 is 41.0 Å². The monoisotopic (exact) mass is 653 g/mol. The van der Waals surface area contributed by atoms with Crippen LogP contribution in [0.3, 0.4) is 0 Å². The van der Waals surface area contributed by atoms with Crippen LogP contribution < -0.4 is 10.6 Å². The molecule has 0 unspecified atom stereocenters. The van der Waals surface area contributed by atoms with E-state index in [1.165, 1.54) is 17.8 Å². The van der Waals surface area contributed by atoms with Gasteiger partial charge in [0, 0.05) is 71.2 Å². The lowest BCUT2D eigenvalue weighted by atomic mass is 9.91. The normalized spacial score (nSPS) is 25.1. The summed E-state index contributed by atoms with van der Waals surface area (Å²) in [7, 11) is 0. The fourth-order valence-electron chi connectivity index (χ4n) is 6.80. The molecule has 0 radical (unpaired) electrons. The molecular formula is C33H41N4O8S+. The van der Waals surface area contributed by atoms with Crippen molar-refractivity contribution < 1.29 is 39.6 Å². The molecule has 2 aromatic rings. The van der Waals surface area contributed by atoms with Crippen molar-refractivity contribution in [3.63, 3.8) is 0 Å². The summed E-state index contributed by atoms with van der Waals surface area (Å²) in [5.74, 6) is -1.21. The SMILES string of the molecule is Cc1c(/C=C2\NC(=O)[C@H](C)[C@H]2[C@H]2C[SH+]2)[nH]c(Cc2[nH]c(C[C@H]3NC(=O)C(=C\CO)/C3=C/O)c(C)c2CCC(=O)O)c1CCC(=O)O. The Morgan fingerprint density at radius 2 is 1.61 bits per heavy atom. The fraction of sp³-hybridized carbons (Fsp3) is 0.455. The first kappa shape index (κ1) is 33.1. The number of carbonyl (C=O) groups is 4. The van der Waals surface area contributed by atoms with Gasteiger partial charge in [-0.25, -0.2) is 0 Å². The van der Waals surface area contributed by atoms with Crippen LogP contribution in [-0.4, -0.2) is 77.8 Å². The number of carbonyl (C=O) groups excluding carboxylic acids is 2. The number of aliphatic carboxylic acids is 2. The van der Waals surface area contributed by atoms with Gasteiger partial charge >= 0.3 is 11.9 Å². The van der Waals surface area contributed by atoms with Crippen molar-refractivity contribution in [2.24, 2.45) is 11.8 Å². The molecule has 5 heterocycles. The van der Waals surface area contributed by atoms with Gasteiger partial charge in [-0.15, -0.1) is 0 Å². The molecule has 0 spiro atoms. The molecule has 5 rings (SSSR count). The number of amides is 2. The summed E-state index contributed by atoms with van der Waals surface area (Å²) in [6, 6.07) is -0.562. The maximum absolute atomic E-state index is 12.6. The van der Waals surface area contributed by atoms with E-state index < -0.39 is 23.9 Å². The zero-order valence-corrected chi connectivity index (χ0v) is 27.0. The fourth-order valence-corrected chi connectivity index (χ4v) is 7.79. The van der Waals surface area contributed by atoms with Gasteiger partial charge in [-0.1, -0.05) is 6.92 Å². The molecule has 0 saturated carbocycles. The molecule has 3 aliphatic heterocycles. The third kappa shape index (κ3) is 6.80. The number of carboxylic acids is 2. The highest BCUT2D eigenvalue weighted by Gasteiger charge is 2.52. The zero-order valence-electron chi connectivity index (χ0n) is 26.1. The van der Waals surface area contributed by atoms with Crippen molar-refractivity contribution in [2.75, 3.05) is 12.4 Å². The number of aliphatic hydroxyl groups excluding tert-OH is 2. The van der Waals surface area contributed by atoms with Crippen LogP contribution in [0.4, 0.5) is 0 Å². The Labute approximate surface area is 270 Å². The third-order valence-electron chi connectivity index (χ3n) is 9.37. The first-order valence-electron chi connectivity index (χ1n) is 15.4. The van der Waals surface area contributed by atoms with Crippen LogP contribution >= 0.6 is 0 Å². The van der Waals surface area contributed by atoms with Gasteiger partial charge in [0.15, 0.2) is 11.0 Å². The lowest BCUT2D eigenvalue weighted by Crippen LogP contribution is -2.28. The summed E-state index contributed by atoms with van der Waals surface area (Å²) >= 11 is 1.34. The average molecular weight is 654 g/mol. The minimum Gasteiger partial charge on any atom is -0.515 e. The zero-order chi connectivity index (χ0) is 33.3. The number of H-pyrrole nitrogens is 2. The number of aromatic nitrogens is 2. The van der Waals surface area contributed by atoms with Crippen molar-refractivity contribution in [3.05, 3.63) is 74.2 Å². The van der Waals surface area contributed by atoms with Crippen molar-refractivity contribution in [3.8, 4) is 0 Å². The highest BCUT2D eigenvalue weighted by Crippen LogP contribution is 2.38. The van der Waals surface area contributed by atoms with Crippen LogP contribution in [0, 0.1) is 25.7 Å². The molecule has 3 aliphatic rings. The maximum atomic E-state index is 12.6. The predicted octanol–water partition coefficient (Wildman–Crippen LogP) is 1.91. The highest BCUT2D eigenvalue weighted by atomic mass is 32.2. The number of aromatic amines is 2. The molecule has 3 saturated heterocycles. The summed E-state index contributed by atoms with van der Waals surface area (Å²) in [5, 5.41) is 44.6. The molecule has 3 fully saturated rings. The Morgan fingerprint density at radius 1 is 0.978 bits per heavy atom. The number of nitrogens with one attached hydrogen (secondary N) is 4. The van der Waals surface area contributed by atoms with E-state index in [4.69, 9.17) is 0 Å². The second kappa shape index (κ2) is 13.6. The number of allylic oxidation sites excluding steroid dienone is 1. The molecule has 0 aliphatic carbocycles. The number of hydrogen-bond donors (Lipinski definition) is 8. The van der Waals surface area contributed by atoms with E-state index in [2.05, 4.69) is 20.6 Å². The van der Waals surface area contributed by atoms with Crippen LogP contribution in [0.1, 0.15) is 64.8 Å². The summed E-state index contributed by atoms with van der Waals surface area (Å²) in [4.78, 5) is 55.2. The smallest absolute Gasteiger partial charge is 0.303 e. The predicted molar refractivity (Wildman–Crippen MR) is 173 cm³/mol. The molecule has 246 valence electrons. The Kier molecular flexibility index (Phi) is 9.82. The van der Waals surface area contributed by atoms with Crippen molar-refractivity contribution in [2.45, 2.75) is 70.6 Å². The van der Waals surface area contributed by atoms with Crippen molar-refractivity contribution >= 4 is 41.6 Å². The summed E-state index contributed by atoms with van der Waals surface area (Å²) in [6.07, 6.45) is 5.20. The van der Waals surface area contributed by atoms with Crippen LogP contribution in [0.25, 0.3) is 6.08 Å². The van der Waals surface area contributed by atoms with Crippen LogP contribution in [-0.2, 0) is 56.6 Å². The van der Waals surface area contributed by atoms with Gasteiger partial charge in [0.25, 0.3) is 5.91 Å². The van der Waals surface area contributed by atoms with E-state index in [-0.39, 0.29) is 49.2 Å². The lowest BCUT2D eigenvalue weighted by molar-refractivity contribution is -0.138. The van der Waals surface area contributed by atoms with E-state index in [9.17, 15) is 39.6 Å². The van der Waals surface area contributed by atoms with E-state index in [1.807, 2.05) is 26.8 Å². The van der Waals surface area contributed by atoms with Crippen LogP contribution in [0.5, 0.6) is 0 Å². The summed E-state index contributed by atoms with van der Waals surface area (Å²) in [6.45, 7) is 5.42. The van der Waals surface area contributed by atoms with E-state index in [0.717, 1.165) is 62.7 Å². The molecular weight excluding hydrogens is 612 g/mol. The molecule has 46 heavy (non-hydrogen) atoms. The van der Waals surface area contributed by atoms with E-state index in [0.29, 0.717) is 30.1 Å². The largest absolute Gasteiger partial charge is 0.515 e. The Morgan fingerprint density at radius 3 is 2.20 bits per heavy atom. The second-order valence-corrected chi connectivity index (χ2v) is 13.6. The Hall–Kier alpha value is -4.23. The minimum absolute atomic E-state index is 0.00275. The van der Waals surface area contributed by atoms with Crippen LogP contribution in [0.15, 0.2) is 29.2 Å². The molecule has 0 aromatic carbocycles.